The summed E-state index contributed by atoms with van der Waals surface area (Å²) in [5.74, 6) is 2.17. The predicted octanol–water partition coefficient (Wildman–Crippen LogP) is 2.95. The lowest BCUT2D eigenvalue weighted by molar-refractivity contribution is -0.0542. The number of methoxy groups -OCH3 is 3. The van der Waals surface area contributed by atoms with Crippen LogP contribution in [0, 0.1) is 5.92 Å². The van der Waals surface area contributed by atoms with Gasteiger partial charge < -0.3 is 33.7 Å². The molecule has 0 bridgehead atoms. The molecule has 0 saturated carbocycles. The quantitative estimate of drug-likeness (QED) is 0.435. The van der Waals surface area contributed by atoms with Gasteiger partial charge in [-0.1, -0.05) is 32.0 Å². The van der Waals surface area contributed by atoms with Crippen molar-refractivity contribution in [3.63, 3.8) is 0 Å². The zero-order chi connectivity index (χ0) is 26.8. The third-order valence-corrected chi connectivity index (χ3v) is 6.09. The minimum atomic E-state index is -0.633. The molecule has 9 heteroatoms. The number of rotatable bonds is 13. The molecule has 0 spiro atoms. The molecule has 0 unspecified atom stereocenters. The number of hydrogen-bond donors (Lipinski definition) is 1. The summed E-state index contributed by atoms with van der Waals surface area (Å²) in [6, 6.07) is 12.8. The van der Waals surface area contributed by atoms with Crippen LogP contribution in [0.3, 0.4) is 0 Å². The Balaban J connectivity index is 1.64. The molecule has 37 heavy (non-hydrogen) atoms. The van der Waals surface area contributed by atoms with E-state index in [9.17, 15) is 9.90 Å². The number of aliphatic hydroxyl groups excluding tert-OH is 1. The zero-order valence-electron chi connectivity index (χ0n) is 22.5. The molecule has 1 fully saturated rings. The summed E-state index contributed by atoms with van der Waals surface area (Å²) in [7, 11) is 4.59. The first-order valence-corrected chi connectivity index (χ1v) is 12.6. The number of carbonyl (C=O) groups is 1. The standard InChI is InChI=1S/C28H40N2O7/c1-20(2)15-30(28(32)21-13-25(33-3)27(35-5)26(14-21)34-4)18-24-17-29(11-12-36-24)16-22(31)19-37-23-9-7-6-8-10-23/h6-10,13-14,20,22,24,31H,11-12,15-19H2,1-5H3/t22-,24-/m1/s1. The third kappa shape index (κ3) is 8.24. The highest BCUT2D eigenvalue weighted by molar-refractivity contribution is 5.95. The van der Waals surface area contributed by atoms with Crippen molar-refractivity contribution >= 4 is 5.91 Å². The number of hydrogen-bond acceptors (Lipinski definition) is 8. The number of morpholine rings is 1. The molecule has 1 N–H and O–H groups in total. The summed E-state index contributed by atoms with van der Waals surface area (Å²) in [6.07, 6.45) is -0.813. The predicted molar refractivity (Wildman–Crippen MR) is 141 cm³/mol. The highest BCUT2D eigenvalue weighted by Crippen LogP contribution is 2.38. The van der Waals surface area contributed by atoms with Crippen molar-refractivity contribution in [2.75, 3.05) is 67.3 Å². The third-order valence-electron chi connectivity index (χ3n) is 6.09. The van der Waals surface area contributed by atoms with E-state index in [4.69, 9.17) is 23.7 Å². The summed E-state index contributed by atoms with van der Waals surface area (Å²) < 4.78 is 28.0. The smallest absolute Gasteiger partial charge is 0.254 e. The van der Waals surface area contributed by atoms with Crippen LogP contribution in [0.5, 0.6) is 23.0 Å². The zero-order valence-corrected chi connectivity index (χ0v) is 22.5. The Kier molecular flexibility index (Phi) is 10.9. The first kappa shape index (κ1) is 28.6. The second-order valence-electron chi connectivity index (χ2n) is 9.55. The topological polar surface area (TPSA) is 89.9 Å². The highest BCUT2D eigenvalue weighted by Gasteiger charge is 2.28. The molecule has 1 saturated heterocycles. The second-order valence-corrected chi connectivity index (χ2v) is 9.55. The Hall–Kier alpha value is -3.01. The fourth-order valence-corrected chi connectivity index (χ4v) is 4.43. The summed E-state index contributed by atoms with van der Waals surface area (Å²) in [5, 5.41) is 10.5. The number of carbonyl (C=O) groups excluding carboxylic acids is 1. The number of amides is 1. The van der Waals surface area contributed by atoms with Gasteiger partial charge >= 0.3 is 0 Å². The SMILES string of the molecule is COc1cc(C(=O)N(CC(C)C)C[C@H]2CN(C[C@@H](O)COc3ccccc3)CCO2)cc(OC)c1OC. The van der Waals surface area contributed by atoms with Crippen LogP contribution in [0.1, 0.15) is 24.2 Å². The molecule has 1 amide bonds. The second kappa shape index (κ2) is 14.1. The van der Waals surface area contributed by atoms with Crippen LogP contribution in [-0.4, -0.2) is 100 Å². The van der Waals surface area contributed by atoms with Gasteiger partial charge in [-0.2, -0.15) is 0 Å². The summed E-state index contributed by atoms with van der Waals surface area (Å²) >= 11 is 0. The van der Waals surface area contributed by atoms with Crippen LogP contribution < -0.4 is 18.9 Å². The van der Waals surface area contributed by atoms with E-state index in [2.05, 4.69) is 18.7 Å². The molecule has 2 atom stereocenters. The summed E-state index contributed by atoms with van der Waals surface area (Å²) in [5.41, 5.74) is 0.455. The number of nitrogens with zero attached hydrogens (tertiary/aromatic N) is 2. The molecule has 2 aromatic carbocycles. The lowest BCUT2D eigenvalue weighted by atomic mass is 10.1. The average Bonchev–Trinajstić information content (AvgIpc) is 2.90. The van der Waals surface area contributed by atoms with Crippen LogP contribution in [0.2, 0.25) is 0 Å². The Morgan fingerprint density at radius 3 is 2.38 bits per heavy atom. The summed E-state index contributed by atoms with van der Waals surface area (Å²) in [4.78, 5) is 17.6. The van der Waals surface area contributed by atoms with Crippen molar-refractivity contribution in [1.82, 2.24) is 9.80 Å². The van der Waals surface area contributed by atoms with E-state index >= 15 is 0 Å². The van der Waals surface area contributed by atoms with Gasteiger partial charge in [-0.3, -0.25) is 9.69 Å². The lowest BCUT2D eigenvalue weighted by Gasteiger charge is -2.37. The molecular weight excluding hydrogens is 476 g/mol. The number of ether oxygens (including phenoxy) is 5. The van der Waals surface area contributed by atoms with Gasteiger partial charge in [0, 0.05) is 38.3 Å². The Morgan fingerprint density at radius 2 is 1.78 bits per heavy atom. The molecule has 0 aromatic heterocycles. The molecule has 1 aliphatic heterocycles. The van der Waals surface area contributed by atoms with E-state index in [1.54, 1.807) is 12.1 Å². The van der Waals surface area contributed by atoms with Gasteiger partial charge in [0.05, 0.1) is 34.0 Å². The van der Waals surface area contributed by atoms with Crippen molar-refractivity contribution in [2.45, 2.75) is 26.1 Å². The van der Waals surface area contributed by atoms with E-state index in [1.165, 1.54) is 21.3 Å². The van der Waals surface area contributed by atoms with Gasteiger partial charge in [0.15, 0.2) is 11.5 Å². The van der Waals surface area contributed by atoms with Gasteiger partial charge in [-0.15, -0.1) is 0 Å². The van der Waals surface area contributed by atoms with E-state index in [0.29, 0.717) is 62.1 Å². The van der Waals surface area contributed by atoms with Crippen LogP contribution in [0.4, 0.5) is 0 Å². The number of aliphatic hydroxyl groups is 1. The van der Waals surface area contributed by atoms with E-state index < -0.39 is 6.10 Å². The van der Waals surface area contributed by atoms with Crippen molar-refractivity contribution in [1.29, 1.82) is 0 Å². The Labute approximate surface area is 219 Å². The first-order valence-electron chi connectivity index (χ1n) is 12.6. The molecule has 0 aliphatic carbocycles. The van der Waals surface area contributed by atoms with Crippen molar-refractivity contribution < 1.29 is 33.6 Å². The number of para-hydroxylation sites is 1. The largest absolute Gasteiger partial charge is 0.493 e. The van der Waals surface area contributed by atoms with Gasteiger partial charge in [0.25, 0.3) is 5.91 Å². The minimum Gasteiger partial charge on any atom is -0.493 e. The monoisotopic (exact) mass is 516 g/mol. The van der Waals surface area contributed by atoms with Crippen molar-refractivity contribution in [3.05, 3.63) is 48.0 Å². The molecule has 1 aliphatic rings. The maximum atomic E-state index is 13.6. The molecule has 3 rings (SSSR count). The van der Waals surface area contributed by atoms with E-state index in [1.807, 2.05) is 35.2 Å². The van der Waals surface area contributed by atoms with Crippen LogP contribution in [0.15, 0.2) is 42.5 Å². The first-order chi connectivity index (χ1) is 17.8. The van der Waals surface area contributed by atoms with E-state index in [-0.39, 0.29) is 24.5 Å². The van der Waals surface area contributed by atoms with E-state index in [0.717, 1.165) is 5.75 Å². The molecular formula is C28H40N2O7. The van der Waals surface area contributed by atoms with Gasteiger partial charge in [0.1, 0.15) is 18.5 Å². The Morgan fingerprint density at radius 1 is 1.11 bits per heavy atom. The number of benzene rings is 2. The maximum absolute atomic E-state index is 13.6. The van der Waals surface area contributed by atoms with Gasteiger partial charge in [-0.25, -0.2) is 0 Å². The van der Waals surface area contributed by atoms with Crippen molar-refractivity contribution in [2.24, 2.45) is 5.92 Å². The highest BCUT2D eigenvalue weighted by atomic mass is 16.5. The molecule has 1 heterocycles. The Bertz CT molecular complexity index is 961. The van der Waals surface area contributed by atoms with Gasteiger partial charge in [-0.05, 0) is 30.2 Å². The molecule has 2 aromatic rings. The molecule has 0 radical (unpaired) electrons. The van der Waals surface area contributed by atoms with Crippen LogP contribution in [-0.2, 0) is 4.74 Å². The number of β-amino-alcohol motifs (C(OH)–C–C–N with tert-alkyl or cyclic N) is 1. The van der Waals surface area contributed by atoms with Crippen LogP contribution in [0.25, 0.3) is 0 Å². The molecule has 9 nitrogen and oxygen atoms in total. The summed E-state index contributed by atoms with van der Waals surface area (Å²) in [6.45, 7) is 7.69. The average molecular weight is 517 g/mol. The van der Waals surface area contributed by atoms with Gasteiger partial charge in [0.2, 0.25) is 5.75 Å². The maximum Gasteiger partial charge on any atom is 0.254 e. The fraction of sp³-hybridized carbons (Fsp3) is 0.536. The fourth-order valence-electron chi connectivity index (χ4n) is 4.43. The normalized spacial score (nSPS) is 16.8. The minimum absolute atomic E-state index is 0.134. The lowest BCUT2D eigenvalue weighted by Crippen LogP contribution is -2.51. The van der Waals surface area contributed by atoms with Crippen molar-refractivity contribution in [3.8, 4) is 23.0 Å². The molecule has 204 valence electrons. The van der Waals surface area contributed by atoms with Crippen LogP contribution >= 0.6 is 0 Å².